The van der Waals surface area contributed by atoms with Crippen molar-refractivity contribution in [2.45, 2.75) is 32.7 Å². The summed E-state index contributed by atoms with van der Waals surface area (Å²) in [4.78, 5) is 22.9. The van der Waals surface area contributed by atoms with Gasteiger partial charge in [-0.2, -0.15) is 0 Å². The topological polar surface area (TPSA) is 84.2 Å². The SMILES string of the molecule is CCCCc1ccc(NC(=O)c2ccc(CNC(N)=O)cc2)cc1. The average Bonchev–Trinajstić information content (AvgIpc) is 2.59. The number of carbonyl (C=O) groups is 2. The Morgan fingerprint density at radius 1 is 0.958 bits per heavy atom. The van der Waals surface area contributed by atoms with E-state index < -0.39 is 6.03 Å². The van der Waals surface area contributed by atoms with Gasteiger partial charge in [0.05, 0.1) is 0 Å². The fourth-order valence-corrected chi connectivity index (χ4v) is 2.30. The van der Waals surface area contributed by atoms with Crippen LogP contribution in [0.5, 0.6) is 0 Å². The van der Waals surface area contributed by atoms with Gasteiger partial charge in [0.15, 0.2) is 0 Å². The first-order valence-corrected chi connectivity index (χ1v) is 8.11. The highest BCUT2D eigenvalue weighted by Gasteiger charge is 2.06. The summed E-state index contributed by atoms with van der Waals surface area (Å²) in [6, 6.07) is 14.4. The number of unbranched alkanes of at least 4 members (excludes halogenated alkanes) is 1. The van der Waals surface area contributed by atoms with Gasteiger partial charge in [0.2, 0.25) is 0 Å². The van der Waals surface area contributed by atoms with Crippen LogP contribution >= 0.6 is 0 Å². The van der Waals surface area contributed by atoms with Crippen LogP contribution in [0.3, 0.4) is 0 Å². The second-order valence-corrected chi connectivity index (χ2v) is 5.67. The number of aryl methyl sites for hydroxylation is 1. The zero-order valence-corrected chi connectivity index (χ0v) is 13.8. The molecule has 5 nitrogen and oxygen atoms in total. The van der Waals surface area contributed by atoms with Crippen LogP contribution in [0.4, 0.5) is 10.5 Å². The molecule has 2 aromatic carbocycles. The van der Waals surface area contributed by atoms with Crippen LogP contribution in [0.1, 0.15) is 41.3 Å². The first-order chi connectivity index (χ1) is 11.6. The molecule has 0 aliphatic carbocycles. The van der Waals surface area contributed by atoms with Crippen LogP contribution in [0.2, 0.25) is 0 Å². The molecule has 0 fully saturated rings. The number of anilines is 1. The molecular formula is C19H23N3O2. The van der Waals surface area contributed by atoms with E-state index in [1.54, 1.807) is 24.3 Å². The van der Waals surface area contributed by atoms with Gasteiger partial charge in [0.25, 0.3) is 5.91 Å². The second-order valence-electron chi connectivity index (χ2n) is 5.67. The molecule has 0 bridgehead atoms. The number of urea groups is 1. The fraction of sp³-hybridized carbons (Fsp3) is 0.263. The third-order valence-corrected chi connectivity index (χ3v) is 3.71. The van der Waals surface area contributed by atoms with Crippen molar-refractivity contribution in [1.29, 1.82) is 0 Å². The van der Waals surface area contributed by atoms with E-state index in [9.17, 15) is 9.59 Å². The Bertz CT molecular complexity index is 679. The lowest BCUT2D eigenvalue weighted by Crippen LogP contribution is -2.28. The molecule has 0 radical (unpaired) electrons. The zero-order chi connectivity index (χ0) is 17.4. The molecule has 0 unspecified atom stereocenters. The van der Waals surface area contributed by atoms with Gasteiger partial charge < -0.3 is 16.4 Å². The maximum absolute atomic E-state index is 12.2. The molecule has 2 rings (SSSR count). The third-order valence-electron chi connectivity index (χ3n) is 3.71. The molecule has 0 spiro atoms. The van der Waals surface area contributed by atoms with Crippen molar-refractivity contribution in [2.75, 3.05) is 5.32 Å². The molecule has 24 heavy (non-hydrogen) atoms. The molecule has 0 heterocycles. The van der Waals surface area contributed by atoms with Crippen LogP contribution < -0.4 is 16.4 Å². The summed E-state index contributed by atoms with van der Waals surface area (Å²) < 4.78 is 0. The maximum Gasteiger partial charge on any atom is 0.312 e. The highest BCUT2D eigenvalue weighted by molar-refractivity contribution is 6.04. The smallest absolute Gasteiger partial charge is 0.312 e. The summed E-state index contributed by atoms with van der Waals surface area (Å²) in [5.74, 6) is -0.161. The molecule has 0 saturated carbocycles. The van der Waals surface area contributed by atoms with Gasteiger partial charge >= 0.3 is 6.03 Å². The zero-order valence-electron chi connectivity index (χ0n) is 13.8. The van der Waals surface area contributed by atoms with E-state index in [1.807, 2.05) is 24.3 Å². The van der Waals surface area contributed by atoms with Gasteiger partial charge in [0, 0.05) is 17.8 Å². The molecule has 3 amide bonds. The number of hydrogen-bond acceptors (Lipinski definition) is 2. The summed E-state index contributed by atoms with van der Waals surface area (Å²) in [6.45, 7) is 2.51. The van der Waals surface area contributed by atoms with E-state index in [4.69, 9.17) is 5.73 Å². The Morgan fingerprint density at radius 3 is 2.17 bits per heavy atom. The van der Waals surface area contributed by atoms with E-state index in [0.29, 0.717) is 12.1 Å². The first kappa shape index (κ1) is 17.5. The molecular weight excluding hydrogens is 302 g/mol. The van der Waals surface area contributed by atoms with Gasteiger partial charge in [-0.05, 0) is 48.2 Å². The maximum atomic E-state index is 12.2. The Balaban J connectivity index is 1.92. The second kappa shape index (κ2) is 8.72. The summed E-state index contributed by atoms with van der Waals surface area (Å²) >= 11 is 0. The van der Waals surface area contributed by atoms with Gasteiger partial charge in [-0.1, -0.05) is 37.6 Å². The number of rotatable bonds is 7. The Kier molecular flexibility index (Phi) is 6.37. The number of hydrogen-bond donors (Lipinski definition) is 3. The predicted molar refractivity (Wildman–Crippen MR) is 95.9 cm³/mol. The monoisotopic (exact) mass is 325 g/mol. The van der Waals surface area contributed by atoms with E-state index in [0.717, 1.165) is 17.7 Å². The molecule has 0 saturated heterocycles. The van der Waals surface area contributed by atoms with Gasteiger partial charge in [-0.15, -0.1) is 0 Å². The Morgan fingerprint density at radius 2 is 1.58 bits per heavy atom. The van der Waals surface area contributed by atoms with E-state index in [2.05, 4.69) is 17.6 Å². The van der Waals surface area contributed by atoms with Gasteiger partial charge in [-0.25, -0.2) is 4.79 Å². The van der Waals surface area contributed by atoms with Crippen molar-refractivity contribution in [3.63, 3.8) is 0 Å². The van der Waals surface area contributed by atoms with Crippen molar-refractivity contribution < 1.29 is 9.59 Å². The predicted octanol–water partition coefficient (Wildman–Crippen LogP) is 3.45. The molecule has 0 atom stereocenters. The van der Waals surface area contributed by atoms with Gasteiger partial charge in [-0.3, -0.25) is 4.79 Å². The largest absolute Gasteiger partial charge is 0.352 e. The van der Waals surface area contributed by atoms with Crippen molar-refractivity contribution in [3.05, 3.63) is 65.2 Å². The van der Waals surface area contributed by atoms with Crippen molar-refractivity contribution in [2.24, 2.45) is 5.73 Å². The minimum Gasteiger partial charge on any atom is -0.352 e. The molecule has 4 N–H and O–H groups in total. The normalized spacial score (nSPS) is 10.2. The quantitative estimate of drug-likeness (QED) is 0.728. The van der Waals surface area contributed by atoms with Crippen LogP contribution in [0.15, 0.2) is 48.5 Å². The molecule has 0 aliphatic heterocycles. The van der Waals surface area contributed by atoms with E-state index in [-0.39, 0.29) is 5.91 Å². The van der Waals surface area contributed by atoms with Crippen molar-refractivity contribution in [3.8, 4) is 0 Å². The number of benzene rings is 2. The molecule has 126 valence electrons. The van der Waals surface area contributed by atoms with Crippen LogP contribution in [0.25, 0.3) is 0 Å². The molecule has 0 aliphatic rings. The Labute approximate surface area is 142 Å². The summed E-state index contributed by atoms with van der Waals surface area (Å²) in [7, 11) is 0. The first-order valence-electron chi connectivity index (χ1n) is 8.11. The lowest BCUT2D eigenvalue weighted by Gasteiger charge is -2.08. The highest BCUT2D eigenvalue weighted by atomic mass is 16.2. The standard InChI is InChI=1S/C19H23N3O2/c1-2-3-4-14-7-11-17(12-8-14)22-18(23)16-9-5-15(6-10-16)13-21-19(20)24/h5-12H,2-4,13H2,1H3,(H,22,23)(H3,20,21,24). The lowest BCUT2D eigenvalue weighted by molar-refractivity contribution is 0.102. The van der Waals surface area contributed by atoms with Crippen LogP contribution in [-0.4, -0.2) is 11.9 Å². The molecule has 2 aromatic rings. The number of nitrogens with two attached hydrogens (primary N) is 1. The molecule has 5 heteroatoms. The number of amides is 3. The summed E-state index contributed by atoms with van der Waals surface area (Å²) in [6.07, 6.45) is 3.40. The Hall–Kier alpha value is -2.82. The number of nitrogens with one attached hydrogen (secondary N) is 2. The van der Waals surface area contributed by atoms with Crippen LogP contribution in [0, 0.1) is 0 Å². The summed E-state index contributed by atoms with van der Waals surface area (Å²) in [5.41, 5.74) is 8.53. The van der Waals surface area contributed by atoms with Crippen molar-refractivity contribution in [1.82, 2.24) is 5.32 Å². The minimum atomic E-state index is -0.570. The van der Waals surface area contributed by atoms with Crippen molar-refractivity contribution >= 4 is 17.6 Å². The van der Waals surface area contributed by atoms with Gasteiger partial charge in [0.1, 0.15) is 0 Å². The van der Waals surface area contributed by atoms with E-state index in [1.165, 1.54) is 18.4 Å². The number of carbonyl (C=O) groups excluding carboxylic acids is 2. The third kappa shape index (κ3) is 5.43. The fourth-order valence-electron chi connectivity index (χ4n) is 2.30. The molecule has 0 aromatic heterocycles. The summed E-state index contributed by atoms with van der Waals surface area (Å²) in [5, 5.41) is 5.39. The minimum absolute atomic E-state index is 0.161. The lowest BCUT2D eigenvalue weighted by atomic mass is 10.1. The highest BCUT2D eigenvalue weighted by Crippen LogP contribution is 2.13. The average molecular weight is 325 g/mol. The number of primary amides is 1. The van der Waals surface area contributed by atoms with E-state index >= 15 is 0 Å². The van der Waals surface area contributed by atoms with Crippen LogP contribution in [-0.2, 0) is 13.0 Å².